The van der Waals surface area contributed by atoms with Gasteiger partial charge in [0.05, 0.1) is 0 Å². The lowest BCUT2D eigenvalue weighted by molar-refractivity contribution is 0.332. The Kier molecular flexibility index (Phi) is 9.77. The van der Waals surface area contributed by atoms with Crippen molar-refractivity contribution in [2.24, 2.45) is 0 Å². The molecule has 1 aromatic heterocycles. The minimum absolute atomic E-state index is 0.0335. The molecule has 4 heteroatoms. The fourth-order valence-electron chi connectivity index (χ4n) is 15.0. The molecule has 0 bridgehead atoms. The summed E-state index contributed by atoms with van der Waals surface area (Å²) >= 11 is 0. The van der Waals surface area contributed by atoms with Crippen LogP contribution in [0.25, 0.3) is 11.0 Å². The van der Waals surface area contributed by atoms with Crippen molar-refractivity contribution < 1.29 is 4.42 Å². The maximum atomic E-state index is 7.73. The summed E-state index contributed by atoms with van der Waals surface area (Å²) in [4.78, 5) is 5.34. The number of nitrogens with zero attached hydrogens (tertiary/aromatic N) is 2. The molecule has 6 aromatic rings. The van der Waals surface area contributed by atoms with Crippen LogP contribution in [-0.2, 0) is 48.7 Å². The molecule has 2 aliphatic heterocycles. The van der Waals surface area contributed by atoms with Crippen molar-refractivity contribution in [1.82, 2.24) is 0 Å². The van der Waals surface area contributed by atoms with Crippen LogP contribution in [0.5, 0.6) is 0 Å². The molecule has 0 radical (unpaired) electrons. The van der Waals surface area contributed by atoms with Crippen molar-refractivity contribution in [2.45, 2.75) is 232 Å². The molecule has 0 N–H and O–H groups in total. The lowest BCUT2D eigenvalue weighted by Crippen LogP contribution is -2.61. The van der Waals surface area contributed by atoms with E-state index in [2.05, 4.69) is 214 Å². The predicted molar refractivity (Wildman–Crippen MR) is 310 cm³/mol. The van der Waals surface area contributed by atoms with Crippen LogP contribution in [0.4, 0.5) is 34.3 Å². The normalized spacial score (nSPS) is 22.7. The molecule has 0 atom stereocenters. The number of fused-ring (bicyclic) bond motifs is 10. The highest BCUT2D eigenvalue weighted by atomic mass is 16.4. The maximum absolute atomic E-state index is 7.73. The van der Waals surface area contributed by atoms with Crippen LogP contribution in [-0.4, -0.2) is 6.71 Å². The Balaban J connectivity index is 1.25. The molecule has 12 rings (SSSR count). The summed E-state index contributed by atoms with van der Waals surface area (Å²) < 4.78 is 7.73. The van der Waals surface area contributed by atoms with Crippen molar-refractivity contribution >= 4 is 68.4 Å². The summed E-state index contributed by atoms with van der Waals surface area (Å²) in [5, 5.41) is 1.27. The molecule has 4 aliphatic carbocycles. The summed E-state index contributed by atoms with van der Waals surface area (Å²) in [6.45, 7) is 46.8. The molecule has 0 saturated carbocycles. The molecule has 0 fully saturated rings. The lowest BCUT2D eigenvalue weighted by Gasteiger charge is -2.48. The van der Waals surface area contributed by atoms with Crippen LogP contribution >= 0.6 is 0 Å². The second kappa shape index (κ2) is 14.6. The van der Waals surface area contributed by atoms with E-state index >= 15 is 0 Å². The zero-order valence-electron chi connectivity index (χ0n) is 48.0. The van der Waals surface area contributed by atoms with E-state index in [1.54, 1.807) is 0 Å². The van der Waals surface area contributed by atoms with Gasteiger partial charge in [-0.3, -0.25) is 4.90 Å². The average molecular weight is 957 g/mol. The Bertz CT molecular complexity index is 3320. The highest BCUT2D eigenvalue weighted by Crippen LogP contribution is 2.56. The van der Waals surface area contributed by atoms with Gasteiger partial charge in [0.1, 0.15) is 5.58 Å². The molecular formula is C68H85BN2O. The van der Waals surface area contributed by atoms with Crippen molar-refractivity contribution in [1.29, 1.82) is 0 Å². The molecule has 0 unspecified atom stereocenters. The average Bonchev–Trinajstić information content (AvgIpc) is 3.67. The van der Waals surface area contributed by atoms with Crippen LogP contribution in [0.1, 0.15) is 233 Å². The van der Waals surface area contributed by atoms with Crippen LogP contribution in [0.15, 0.2) is 77.2 Å². The van der Waals surface area contributed by atoms with Gasteiger partial charge in [-0.1, -0.05) is 150 Å². The summed E-state index contributed by atoms with van der Waals surface area (Å²) in [7, 11) is 0. The summed E-state index contributed by atoms with van der Waals surface area (Å²) in [5.41, 5.74) is 25.1. The fraction of sp³-hybridized carbons (Fsp3) is 0.529. The van der Waals surface area contributed by atoms with Crippen LogP contribution < -0.4 is 26.2 Å². The van der Waals surface area contributed by atoms with Crippen LogP contribution in [0, 0.1) is 0 Å². The molecule has 376 valence electrons. The van der Waals surface area contributed by atoms with Crippen LogP contribution in [0.3, 0.4) is 0 Å². The molecule has 72 heavy (non-hydrogen) atoms. The van der Waals surface area contributed by atoms with Crippen molar-refractivity contribution in [3.63, 3.8) is 0 Å². The fourth-order valence-corrected chi connectivity index (χ4v) is 15.0. The van der Waals surface area contributed by atoms with E-state index in [4.69, 9.17) is 4.42 Å². The third-order valence-electron chi connectivity index (χ3n) is 20.7. The molecular weight excluding hydrogens is 872 g/mol. The van der Waals surface area contributed by atoms with Gasteiger partial charge in [0.15, 0.2) is 0 Å². The third-order valence-corrected chi connectivity index (χ3v) is 20.7. The Labute approximate surface area is 435 Å². The van der Waals surface area contributed by atoms with Gasteiger partial charge in [-0.05, 0) is 216 Å². The minimum Gasteiger partial charge on any atom is -0.440 e. The van der Waals surface area contributed by atoms with Gasteiger partial charge in [-0.2, -0.15) is 0 Å². The second-order valence-corrected chi connectivity index (χ2v) is 30.5. The maximum Gasteiger partial charge on any atom is 0.257 e. The minimum atomic E-state index is -0.130. The summed E-state index contributed by atoms with van der Waals surface area (Å²) in [6, 6.07) is 30.8. The number of furan rings is 1. The molecule has 0 spiro atoms. The first-order valence-electron chi connectivity index (χ1n) is 28.1. The van der Waals surface area contributed by atoms with Gasteiger partial charge in [-0.15, -0.1) is 0 Å². The number of benzene rings is 5. The zero-order valence-corrected chi connectivity index (χ0v) is 48.0. The Hall–Kier alpha value is -4.70. The van der Waals surface area contributed by atoms with Crippen molar-refractivity contribution in [3.05, 3.63) is 123 Å². The monoisotopic (exact) mass is 957 g/mol. The van der Waals surface area contributed by atoms with Gasteiger partial charge >= 0.3 is 0 Å². The summed E-state index contributed by atoms with van der Waals surface area (Å²) in [5.74, 6) is 0.986. The Morgan fingerprint density at radius 1 is 0.389 bits per heavy atom. The molecule has 3 heterocycles. The number of rotatable bonds is 2. The quantitative estimate of drug-likeness (QED) is 0.161. The number of hydrogen-bond donors (Lipinski definition) is 0. The first kappa shape index (κ1) is 48.3. The van der Waals surface area contributed by atoms with Gasteiger partial charge < -0.3 is 9.32 Å². The molecule has 0 amide bonds. The van der Waals surface area contributed by atoms with E-state index in [9.17, 15) is 0 Å². The SMILES string of the molecule is CC(C)(C)c1cc2c3c(c1)N(c1ccc4c(c1)C(C)(C)CCC4(C)C)c1oc4cc5c(cc4c1B3c1cc3c(cc1N2c1ccc2c(c1)C(C)(C)CCC2(C)C)C(C)(C)CCC3(C)C)C(C)(C)CCC5(C)C. The number of anilines is 6. The smallest absolute Gasteiger partial charge is 0.257 e. The van der Waals surface area contributed by atoms with E-state index in [0.717, 1.165) is 17.9 Å². The molecule has 5 aromatic carbocycles. The summed E-state index contributed by atoms with van der Waals surface area (Å²) in [6.07, 6.45) is 9.40. The lowest BCUT2D eigenvalue weighted by atomic mass is 9.33. The standard InChI is InChI=1S/C68H85BN2O/c1-60(2,3)40-32-54-58-55(33-40)71(42-21-23-45-47(35-42)64(10,11)27-25-62(45,6)7)59-57(43-36-48-51(39-56(43)72-59)68(18,19)31-28-65(48,12)13)69(58)52-37-49-50(67(16,17)30-29-66(49,14)15)38-53(52)70(54)41-20-22-44-46(34-41)63(8,9)26-24-61(44,4)5/h20-23,32-39H,24-31H2,1-19H3. The second-order valence-electron chi connectivity index (χ2n) is 30.5. The van der Waals surface area contributed by atoms with E-state index in [0.29, 0.717) is 0 Å². The number of hydrogen-bond acceptors (Lipinski definition) is 3. The first-order valence-corrected chi connectivity index (χ1v) is 28.1. The molecule has 0 saturated heterocycles. The highest BCUT2D eigenvalue weighted by molar-refractivity contribution is 7.01. The zero-order chi connectivity index (χ0) is 51.6. The highest BCUT2D eigenvalue weighted by Gasteiger charge is 2.51. The van der Waals surface area contributed by atoms with Crippen molar-refractivity contribution in [2.75, 3.05) is 9.80 Å². The largest absolute Gasteiger partial charge is 0.440 e. The topological polar surface area (TPSA) is 19.6 Å². The Morgan fingerprint density at radius 3 is 1.22 bits per heavy atom. The van der Waals surface area contributed by atoms with Gasteiger partial charge in [-0.25, -0.2) is 0 Å². The Morgan fingerprint density at radius 2 is 0.764 bits per heavy atom. The van der Waals surface area contributed by atoms with E-state index in [1.807, 2.05) is 0 Å². The third kappa shape index (κ3) is 6.80. The molecule has 3 nitrogen and oxygen atoms in total. The van der Waals surface area contributed by atoms with Gasteiger partial charge in [0.2, 0.25) is 5.88 Å². The van der Waals surface area contributed by atoms with Gasteiger partial charge in [0, 0.05) is 39.3 Å². The van der Waals surface area contributed by atoms with E-state index in [1.165, 1.54) is 145 Å². The predicted octanol–water partition coefficient (Wildman–Crippen LogP) is 17.2. The van der Waals surface area contributed by atoms with E-state index in [-0.39, 0.29) is 55.4 Å². The van der Waals surface area contributed by atoms with Gasteiger partial charge in [0.25, 0.3) is 6.71 Å². The molecule has 6 aliphatic rings. The van der Waals surface area contributed by atoms with Crippen molar-refractivity contribution in [3.8, 4) is 0 Å². The van der Waals surface area contributed by atoms with E-state index < -0.39 is 0 Å². The first-order chi connectivity index (χ1) is 33.2. The van der Waals surface area contributed by atoms with Crippen LogP contribution in [0.2, 0.25) is 0 Å².